The largest absolute Gasteiger partial charge is 0.309 e. The summed E-state index contributed by atoms with van der Waals surface area (Å²) >= 11 is 0. The van der Waals surface area contributed by atoms with E-state index >= 15 is 0 Å². The summed E-state index contributed by atoms with van der Waals surface area (Å²) in [4.78, 5) is 0. The summed E-state index contributed by atoms with van der Waals surface area (Å²) in [6.45, 7) is 0. The summed E-state index contributed by atoms with van der Waals surface area (Å²) in [7, 11) is 0. The average Bonchev–Trinajstić information content (AvgIpc) is 1.59. The molecular formula is C138H92N6. The highest BCUT2D eigenvalue weighted by molar-refractivity contribution is 6.18. The van der Waals surface area contributed by atoms with Gasteiger partial charge in [0.15, 0.2) is 0 Å². The lowest BCUT2D eigenvalue weighted by atomic mass is 9.98. The Balaban J connectivity index is 0.000000108. The summed E-state index contributed by atoms with van der Waals surface area (Å²) in [5, 5.41) is 15.1. The number of para-hydroxylation sites is 8. The van der Waals surface area contributed by atoms with Crippen LogP contribution in [0.25, 0.3) is 254 Å². The van der Waals surface area contributed by atoms with Gasteiger partial charge < -0.3 is 27.4 Å². The van der Waals surface area contributed by atoms with E-state index in [1.807, 2.05) is 0 Å². The smallest absolute Gasteiger partial charge is 0.0547 e. The summed E-state index contributed by atoms with van der Waals surface area (Å²) < 4.78 is 14.3. The second-order valence-electron chi connectivity index (χ2n) is 37.4. The summed E-state index contributed by atoms with van der Waals surface area (Å²) in [6, 6.07) is 202. The molecule has 6 aromatic heterocycles. The van der Waals surface area contributed by atoms with Crippen LogP contribution >= 0.6 is 0 Å². The van der Waals surface area contributed by atoms with E-state index in [1.165, 1.54) is 243 Å². The standard InChI is InChI=1S/2C48H32N2.C42H28N2/c1-4-12-33(13-5-1)35-20-25-40(26-21-35)49-46-28-23-36(34-14-6-2-7-15-34)30-43(46)44-31-37(24-29-47(44)49)38-22-27-42-41-18-10-11-19-45(41)50(48(42)32-38)39-16-8-3-9-17-39;1-4-12-33(13-5-1)34-20-22-35(23-21-34)36-24-27-47-43(30-36)44-32-38(26-29-48(44)50(47)40-16-8-3-9-17-40)37-25-28-46-42(31-37)41-18-10-11-19-45(41)49(46)39-14-6-2-7-15-39;1-3-11-29(12-4-1)30-19-23-34(24-20-30)44-40-18-10-8-16-36(40)38-28-32(22-26-42(38)44)31-21-25-41-37(27-31)35-15-7-9-17-39(35)43(41)33-13-5-2-6-14-33/h2*1-32H;1-28H. The summed E-state index contributed by atoms with van der Waals surface area (Å²) in [5.74, 6) is 0. The van der Waals surface area contributed by atoms with Crippen LogP contribution in [0.5, 0.6) is 0 Å². The fraction of sp³-hybridized carbons (Fsp3) is 0. The van der Waals surface area contributed by atoms with E-state index < -0.39 is 0 Å². The van der Waals surface area contributed by atoms with Crippen molar-refractivity contribution in [3.05, 3.63) is 558 Å². The monoisotopic (exact) mass is 1830 g/mol. The molecule has 0 saturated heterocycles. The number of aromatic nitrogens is 6. The van der Waals surface area contributed by atoms with Crippen LogP contribution in [-0.2, 0) is 0 Å². The molecule has 0 radical (unpaired) electrons. The van der Waals surface area contributed by atoms with Gasteiger partial charge in [-0.2, -0.15) is 0 Å². The van der Waals surface area contributed by atoms with E-state index in [1.54, 1.807) is 0 Å². The minimum atomic E-state index is 1.15. The minimum Gasteiger partial charge on any atom is -0.309 e. The van der Waals surface area contributed by atoms with Gasteiger partial charge in [0.1, 0.15) is 0 Å². The molecule has 0 aliphatic rings. The molecule has 0 fully saturated rings. The van der Waals surface area contributed by atoms with Gasteiger partial charge in [-0.15, -0.1) is 0 Å². The first kappa shape index (κ1) is 84.2. The number of hydrogen-bond donors (Lipinski definition) is 0. The van der Waals surface area contributed by atoms with Gasteiger partial charge in [-0.3, -0.25) is 0 Å². The van der Waals surface area contributed by atoms with E-state index in [9.17, 15) is 0 Å². The van der Waals surface area contributed by atoms with Crippen molar-refractivity contribution in [3.8, 4) is 123 Å². The van der Waals surface area contributed by atoms with Gasteiger partial charge in [0.05, 0.1) is 66.2 Å². The van der Waals surface area contributed by atoms with Crippen molar-refractivity contribution >= 4 is 131 Å². The Kier molecular flexibility index (Phi) is 20.9. The zero-order chi connectivity index (χ0) is 95.1. The van der Waals surface area contributed by atoms with Crippen molar-refractivity contribution in [2.75, 3.05) is 0 Å². The molecule has 0 unspecified atom stereocenters. The molecule has 0 aliphatic heterocycles. The van der Waals surface area contributed by atoms with E-state index in [0.717, 1.165) is 11.4 Å². The number of nitrogens with zero attached hydrogens (tertiary/aromatic N) is 6. The predicted octanol–water partition coefficient (Wildman–Crippen LogP) is 37.0. The Morgan fingerprint density at radius 1 is 0.0764 bits per heavy atom. The third-order valence-electron chi connectivity index (χ3n) is 29.2. The number of rotatable bonds is 14. The highest BCUT2D eigenvalue weighted by Gasteiger charge is 2.24. The lowest BCUT2D eigenvalue weighted by molar-refractivity contribution is 1.18. The molecule has 0 spiro atoms. The zero-order valence-corrected chi connectivity index (χ0v) is 78.8. The van der Waals surface area contributed by atoms with Crippen LogP contribution in [0.2, 0.25) is 0 Å². The number of benzene rings is 23. The van der Waals surface area contributed by atoms with Crippen molar-refractivity contribution in [1.82, 2.24) is 27.4 Å². The van der Waals surface area contributed by atoms with Crippen LogP contribution in [0, 0.1) is 0 Å². The first-order valence-electron chi connectivity index (χ1n) is 49.5. The van der Waals surface area contributed by atoms with E-state index in [4.69, 9.17) is 0 Å². The molecule has 6 heterocycles. The van der Waals surface area contributed by atoms with Crippen molar-refractivity contribution in [1.29, 1.82) is 0 Å². The Labute approximate surface area is 833 Å². The van der Waals surface area contributed by atoms with Crippen LogP contribution in [0.1, 0.15) is 0 Å². The number of hydrogen-bond acceptors (Lipinski definition) is 0. The van der Waals surface area contributed by atoms with Crippen LogP contribution in [0.15, 0.2) is 558 Å². The highest BCUT2D eigenvalue weighted by Crippen LogP contribution is 2.46. The summed E-state index contributed by atoms with van der Waals surface area (Å²) in [5.41, 5.74) is 41.0. The molecule has 144 heavy (non-hydrogen) atoms. The van der Waals surface area contributed by atoms with Gasteiger partial charge in [0.25, 0.3) is 0 Å². The predicted molar refractivity (Wildman–Crippen MR) is 609 cm³/mol. The quantitative estimate of drug-likeness (QED) is 0.104. The molecule has 23 aromatic carbocycles. The maximum Gasteiger partial charge on any atom is 0.0547 e. The van der Waals surface area contributed by atoms with Gasteiger partial charge >= 0.3 is 0 Å². The van der Waals surface area contributed by atoms with Crippen LogP contribution in [0.3, 0.4) is 0 Å². The lowest BCUT2D eigenvalue weighted by Gasteiger charge is -2.11. The lowest BCUT2D eigenvalue weighted by Crippen LogP contribution is -1.94. The second kappa shape index (κ2) is 35.7. The van der Waals surface area contributed by atoms with Crippen LogP contribution in [0.4, 0.5) is 0 Å². The third kappa shape index (κ3) is 14.8. The highest BCUT2D eigenvalue weighted by atomic mass is 15.0. The van der Waals surface area contributed by atoms with Crippen LogP contribution < -0.4 is 0 Å². The van der Waals surface area contributed by atoms with Gasteiger partial charge in [0.2, 0.25) is 0 Å². The normalized spacial score (nSPS) is 11.6. The fourth-order valence-corrected chi connectivity index (χ4v) is 22.3. The average molecular weight is 1830 g/mol. The minimum absolute atomic E-state index is 1.15. The Bertz CT molecular complexity index is 9930. The van der Waals surface area contributed by atoms with Crippen molar-refractivity contribution in [2.45, 2.75) is 0 Å². The molecular weight excluding hydrogens is 1740 g/mol. The molecule has 29 aromatic rings. The Morgan fingerprint density at radius 2 is 0.215 bits per heavy atom. The third-order valence-corrected chi connectivity index (χ3v) is 29.2. The molecule has 0 N–H and O–H groups in total. The SMILES string of the molecule is c1ccc(-c2ccc(-c3ccc4c(c3)c3cc(-c5ccc6c(c5)c5ccccc5n6-c5ccccc5)ccc3n4-c3ccccc3)cc2)cc1.c1ccc(-c2ccc(-n3c4ccc(-c5ccccc5)cc4c4cc(-c5ccc6c7ccccc7n(-c7ccccc7)c6c5)ccc43)cc2)cc1.c1ccc(-c2ccc(-n3c4ccccc4c4cc(-c5ccc6c(c5)c5ccccc5n6-c5ccccc5)ccc43)cc2)cc1. The van der Waals surface area contributed by atoms with Gasteiger partial charge in [-0.05, 0) is 277 Å². The zero-order valence-electron chi connectivity index (χ0n) is 78.8. The second-order valence-corrected chi connectivity index (χ2v) is 37.4. The van der Waals surface area contributed by atoms with Gasteiger partial charge in [-0.1, -0.05) is 370 Å². The van der Waals surface area contributed by atoms with E-state index in [2.05, 4.69) is 586 Å². The molecule has 0 amide bonds. The van der Waals surface area contributed by atoms with E-state index in [-0.39, 0.29) is 0 Å². The number of fused-ring (bicyclic) bond motifs is 18. The summed E-state index contributed by atoms with van der Waals surface area (Å²) in [6.07, 6.45) is 0. The van der Waals surface area contributed by atoms with Crippen LogP contribution in [-0.4, -0.2) is 27.4 Å². The van der Waals surface area contributed by atoms with E-state index in [0.29, 0.717) is 0 Å². The van der Waals surface area contributed by atoms with Crippen molar-refractivity contribution in [2.24, 2.45) is 0 Å². The Morgan fingerprint density at radius 3 is 0.472 bits per heavy atom. The molecule has 6 heteroatoms. The molecule has 0 aliphatic carbocycles. The molecule has 674 valence electrons. The molecule has 0 saturated carbocycles. The van der Waals surface area contributed by atoms with Gasteiger partial charge in [0, 0.05) is 98.8 Å². The van der Waals surface area contributed by atoms with Gasteiger partial charge in [-0.25, -0.2) is 0 Å². The molecule has 0 atom stereocenters. The maximum atomic E-state index is 2.41. The first-order valence-corrected chi connectivity index (χ1v) is 49.5. The molecule has 6 nitrogen and oxygen atoms in total. The Hall–Kier alpha value is -19.1. The maximum absolute atomic E-state index is 2.41. The fourth-order valence-electron chi connectivity index (χ4n) is 22.3. The first-order chi connectivity index (χ1) is 71.4. The molecule has 0 bridgehead atoms. The topological polar surface area (TPSA) is 29.6 Å². The molecule has 29 rings (SSSR count). The van der Waals surface area contributed by atoms with Crippen molar-refractivity contribution in [3.63, 3.8) is 0 Å². The van der Waals surface area contributed by atoms with Crippen molar-refractivity contribution < 1.29 is 0 Å².